The second kappa shape index (κ2) is 5.24. The molecule has 0 unspecified atom stereocenters. The monoisotopic (exact) mass is 315 g/mol. The van der Waals surface area contributed by atoms with Gasteiger partial charge in [0.25, 0.3) is 5.88 Å². The number of aromatic amines is 1. The molecule has 2 aromatic carbocycles. The van der Waals surface area contributed by atoms with E-state index in [1.165, 1.54) is 6.20 Å². The molecule has 1 aromatic heterocycles. The fourth-order valence-corrected chi connectivity index (χ4v) is 1.98. The van der Waals surface area contributed by atoms with Crippen LogP contribution in [0.5, 0.6) is 11.6 Å². The van der Waals surface area contributed by atoms with Gasteiger partial charge in [0.1, 0.15) is 11.9 Å². The summed E-state index contributed by atoms with van der Waals surface area (Å²) in [7, 11) is 0. The number of hydrogen-bond donors (Lipinski definition) is 1. The predicted octanol–water partition coefficient (Wildman–Crippen LogP) is 4.03. The lowest BCUT2D eigenvalue weighted by atomic mass is 10.1. The molecular weight excluding hydrogens is 306 g/mol. The summed E-state index contributed by atoms with van der Waals surface area (Å²) in [5.74, 6) is 1.19. The quantitative estimate of drug-likeness (QED) is 0.794. The van der Waals surface area contributed by atoms with Crippen molar-refractivity contribution in [1.29, 1.82) is 0 Å². The Morgan fingerprint density at radius 1 is 0.895 bits per heavy atom. The molecule has 0 fully saturated rings. The van der Waals surface area contributed by atoms with E-state index in [1.54, 1.807) is 0 Å². The summed E-state index contributed by atoms with van der Waals surface area (Å²) in [6.45, 7) is 0. The Labute approximate surface area is 118 Å². The molecule has 3 aromatic rings. The number of rotatable bonds is 3. The maximum Gasteiger partial charge on any atom is 0.258 e. The van der Waals surface area contributed by atoms with E-state index in [4.69, 9.17) is 4.74 Å². The molecule has 0 saturated heterocycles. The van der Waals surface area contributed by atoms with Crippen molar-refractivity contribution in [3.05, 3.63) is 59.2 Å². The van der Waals surface area contributed by atoms with Gasteiger partial charge in [0.2, 0.25) is 0 Å². The van der Waals surface area contributed by atoms with Gasteiger partial charge >= 0.3 is 0 Å². The lowest BCUT2D eigenvalue weighted by Gasteiger charge is -2.04. The van der Waals surface area contributed by atoms with Crippen LogP contribution in [0.4, 0.5) is 0 Å². The maximum absolute atomic E-state index is 5.52. The molecule has 0 atom stereocenters. The van der Waals surface area contributed by atoms with Gasteiger partial charge in [-0.25, -0.2) is 0 Å². The lowest BCUT2D eigenvalue weighted by molar-refractivity contribution is 0.461. The smallest absolute Gasteiger partial charge is 0.258 e. The minimum Gasteiger partial charge on any atom is -0.436 e. The van der Waals surface area contributed by atoms with Crippen LogP contribution in [0.25, 0.3) is 11.1 Å². The maximum atomic E-state index is 5.52. The molecule has 0 radical (unpaired) electrons. The largest absolute Gasteiger partial charge is 0.436 e. The van der Waals surface area contributed by atoms with Crippen LogP contribution < -0.4 is 4.74 Å². The van der Waals surface area contributed by atoms with E-state index in [2.05, 4.69) is 43.5 Å². The molecule has 0 aliphatic rings. The molecule has 0 spiro atoms. The summed E-state index contributed by atoms with van der Waals surface area (Å²) in [5, 5.41) is 10.0. The Hall–Kier alpha value is -2.14. The third-order valence-corrected chi connectivity index (χ3v) is 3.18. The predicted molar refractivity (Wildman–Crippen MR) is 76.0 cm³/mol. The molecular formula is C14H10BrN3O. The summed E-state index contributed by atoms with van der Waals surface area (Å²) < 4.78 is 6.59. The minimum absolute atomic E-state index is 0.455. The zero-order chi connectivity index (χ0) is 13.1. The van der Waals surface area contributed by atoms with E-state index < -0.39 is 0 Å². The molecule has 1 N–H and O–H groups in total. The fourth-order valence-electron chi connectivity index (χ4n) is 1.72. The number of aromatic nitrogens is 3. The zero-order valence-corrected chi connectivity index (χ0v) is 11.5. The van der Waals surface area contributed by atoms with Gasteiger partial charge in [0.05, 0.1) is 0 Å². The number of halogens is 1. The van der Waals surface area contributed by atoms with Gasteiger partial charge in [-0.05, 0) is 35.4 Å². The number of ether oxygens (including phenoxy) is 1. The van der Waals surface area contributed by atoms with Crippen LogP contribution in [0.1, 0.15) is 0 Å². The van der Waals surface area contributed by atoms with Crippen LogP contribution in [0.2, 0.25) is 0 Å². The Bertz CT molecular complexity index is 648. The lowest BCUT2D eigenvalue weighted by Crippen LogP contribution is -1.84. The Morgan fingerprint density at radius 2 is 1.53 bits per heavy atom. The summed E-state index contributed by atoms with van der Waals surface area (Å²) in [5.41, 5.74) is 2.30. The van der Waals surface area contributed by atoms with Crippen molar-refractivity contribution >= 4 is 15.9 Å². The first kappa shape index (κ1) is 11.9. The van der Waals surface area contributed by atoms with Crippen LogP contribution in [-0.2, 0) is 0 Å². The Balaban J connectivity index is 1.80. The van der Waals surface area contributed by atoms with Gasteiger partial charge in [-0.1, -0.05) is 40.2 Å². The van der Waals surface area contributed by atoms with Crippen LogP contribution >= 0.6 is 15.9 Å². The average Bonchev–Trinajstić information content (AvgIpc) is 2.94. The van der Waals surface area contributed by atoms with Crippen LogP contribution in [0.15, 0.2) is 59.2 Å². The van der Waals surface area contributed by atoms with Gasteiger partial charge < -0.3 is 4.74 Å². The van der Waals surface area contributed by atoms with Crippen molar-refractivity contribution in [2.45, 2.75) is 0 Å². The third kappa shape index (κ3) is 2.82. The zero-order valence-electron chi connectivity index (χ0n) is 9.88. The Kier molecular flexibility index (Phi) is 3.29. The Morgan fingerprint density at radius 3 is 2.11 bits per heavy atom. The minimum atomic E-state index is 0.455. The highest BCUT2D eigenvalue weighted by atomic mass is 79.9. The van der Waals surface area contributed by atoms with Crippen molar-refractivity contribution in [3.8, 4) is 22.8 Å². The molecule has 0 amide bonds. The summed E-state index contributed by atoms with van der Waals surface area (Å²) in [6, 6.07) is 16.0. The molecule has 1 heterocycles. The molecule has 0 bridgehead atoms. The summed E-state index contributed by atoms with van der Waals surface area (Å²) in [6.07, 6.45) is 1.53. The van der Waals surface area contributed by atoms with E-state index in [0.29, 0.717) is 5.88 Å². The van der Waals surface area contributed by atoms with Crippen molar-refractivity contribution in [2.75, 3.05) is 0 Å². The SMILES string of the molecule is Brc1ccc(-c2ccc(Oc3cn[nH]n3)cc2)cc1. The van der Waals surface area contributed by atoms with E-state index in [0.717, 1.165) is 21.3 Å². The molecule has 5 heteroatoms. The highest BCUT2D eigenvalue weighted by molar-refractivity contribution is 9.10. The van der Waals surface area contributed by atoms with Gasteiger partial charge in [-0.2, -0.15) is 10.3 Å². The molecule has 0 aliphatic carbocycles. The number of hydrogen-bond acceptors (Lipinski definition) is 3. The highest BCUT2D eigenvalue weighted by Gasteiger charge is 2.01. The fraction of sp³-hybridized carbons (Fsp3) is 0. The standard InChI is InChI=1S/C14H10BrN3O/c15-12-5-1-10(2-6-12)11-3-7-13(8-4-11)19-14-9-16-18-17-14/h1-9H,(H,16,17,18). The number of nitrogens with one attached hydrogen (secondary N) is 1. The number of benzene rings is 2. The molecule has 0 saturated carbocycles. The number of nitrogens with zero attached hydrogens (tertiary/aromatic N) is 2. The summed E-state index contributed by atoms with van der Waals surface area (Å²) >= 11 is 3.43. The molecule has 19 heavy (non-hydrogen) atoms. The first-order chi connectivity index (χ1) is 9.31. The van der Waals surface area contributed by atoms with Crippen LogP contribution in [0, 0.1) is 0 Å². The van der Waals surface area contributed by atoms with Gasteiger partial charge in [-0.3, -0.25) is 0 Å². The number of H-pyrrole nitrogens is 1. The van der Waals surface area contributed by atoms with E-state index in [-0.39, 0.29) is 0 Å². The molecule has 3 rings (SSSR count). The van der Waals surface area contributed by atoms with Crippen molar-refractivity contribution in [2.24, 2.45) is 0 Å². The van der Waals surface area contributed by atoms with Crippen molar-refractivity contribution in [3.63, 3.8) is 0 Å². The van der Waals surface area contributed by atoms with Gasteiger partial charge in [-0.15, -0.1) is 5.10 Å². The van der Waals surface area contributed by atoms with Gasteiger partial charge in [0, 0.05) is 4.47 Å². The highest BCUT2D eigenvalue weighted by Crippen LogP contribution is 2.25. The van der Waals surface area contributed by atoms with Crippen LogP contribution in [0.3, 0.4) is 0 Å². The third-order valence-electron chi connectivity index (χ3n) is 2.65. The van der Waals surface area contributed by atoms with E-state index >= 15 is 0 Å². The molecule has 4 nitrogen and oxygen atoms in total. The molecule has 0 aliphatic heterocycles. The van der Waals surface area contributed by atoms with Crippen LogP contribution in [-0.4, -0.2) is 15.4 Å². The second-order valence-corrected chi connectivity index (χ2v) is 4.86. The summed E-state index contributed by atoms with van der Waals surface area (Å²) in [4.78, 5) is 0. The van der Waals surface area contributed by atoms with Gasteiger partial charge in [0.15, 0.2) is 0 Å². The first-order valence-electron chi connectivity index (χ1n) is 5.71. The first-order valence-corrected chi connectivity index (χ1v) is 6.50. The van der Waals surface area contributed by atoms with Crippen molar-refractivity contribution < 1.29 is 4.74 Å². The van der Waals surface area contributed by atoms with E-state index in [9.17, 15) is 0 Å². The van der Waals surface area contributed by atoms with Crippen molar-refractivity contribution in [1.82, 2.24) is 15.4 Å². The normalized spacial score (nSPS) is 10.4. The average molecular weight is 316 g/mol. The molecule has 94 valence electrons. The van der Waals surface area contributed by atoms with E-state index in [1.807, 2.05) is 36.4 Å². The second-order valence-electron chi connectivity index (χ2n) is 3.94. The topological polar surface area (TPSA) is 50.8 Å².